The second-order valence-corrected chi connectivity index (χ2v) is 10.9. The van der Waals surface area contributed by atoms with Crippen molar-refractivity contribution < 1.29 is 28.4 Å². The van der Waals surface area contributed by atoms with E-state index in [0.717, 1.165) is 104 Å². The summed E-state index contributed by atoms with van der Waals surface area (Å²) in [6.07, 6.45) is 10.7. The lowest BCUT2D eigenvalue weighted by atomic mass is 9.93. The van der Waals surface area contributed by atoms with Crippen molar-refractivity contribution in [1.29, 1.82) is 0 Å². The summed E-state index contributed by atoms with van der Waals surface area (Å²) in [7, 11) is 0. The lowest BCUT2D eigenvalue weighted by Crippen LogP contribution is -2.33. The van der Waals surface area contributed by atoms with Gasteiger partial charge in [0.25, 0.3) is 0 Å². The topological polar surface area (TPSA) is 55.4 Å². The molecular formula is C35H54O6. The average molecular weight is 571 g/mol. The third-order valence-electron chi connectivity index (χ3n) is 7.30. The van der Waals surface area contributed by atoms with E-state index in [1.54, 1.807) is 0 Å². The maximum atomic E-state index is 6.79. The molecule has 41 heavy (non-hydrogen) atoms. The molecule has 0 N–H and O–H groups in total. The molecule has 0 bridgehead atoms. The van der Waals surface area contributed by atoms with Gasteiger partial charge in [0.05, 0.1) is 26.4 Å². The summed E-state index contributed by atoms with van der Waals surface area (Å²) in [6.45, 7) is 14.2. The molecule has 0 fully saturated rings. The maximum Gasteiger partial charge on any atom is 0.161 e. The quantitative estimate of drug-likeness (QED) is 0.139. The third-order valence-corrected chi connectivity index (χ3v) is 7.30. The molecule has 0 aromatic heterocycles. The van der Waals surface area contributed by atoms with E-state index in [0.29, 0.717) is 39.5 Å². The van der Waals surface area contributed by atoms with Crippen molar-refractivity contribution in [2.24, 2.45) is 0 Å². The van der Waals surface area contributed by atoms with E-state index in [9.17, 15) is 0 Å². The third kappa shape index (κ3) is 10.3. The van der Waals surface area contributed by atoms with Crippen LogP contribution in [0.25, 0.3) is 0 Å². The standard InChI is InChI=1S/C35H54O6/c1-6-11-18-36-28-24-31(38-20-13-8-3)29-26-34(40-22-15-10-5)35(41-32(29)25-28)27-16-17-30(37-19-12-7-2)33(23-27)39-21-14-9-4/h16-17,23-25,34-35H,6-15,18-22,26H2,1-5H3. The van der Waals surface area contributed by atoms with Crippen LogP contribution in [0.5, 0.6) is 28.7 Å². The Labute approximate surface area is 249 Å². The van der Waals surface area contributed by atoms with Crippen LogP contribution >= 0.6 is 0 Å². The summed E-state index contributed by atoms with van der Waals surface area (Å²) in [5.41, 5.74) is 2.08. The fourth-order valence-electron chi connectivity index (χ4n) is 4.69. The highest BCUT2D eigenvalue weighted by atomic mass is 16.5. The number of fused-ring (bicyclic) bond motifs is 1. The van der Waals surface area contributed by atoms with Gasteiger partial charge in [0.2, 0.25) is 0 Å². The smallest absolute Gasteiger partial charge is 0.161 e. The highest BCUT2D eigenvalue weighted by Crippen LogP contribution is 2.45. The molecule has 0 spiro atoms. The number of unbranched alkanes of at least 4 members (excludes halogenated alkanes) is 5. The van der Waals surface area contributed by atoms with Crippen molar-refractivity contribution in [3.05, 3.63) is 41.5 Å². The first-order chi connectivity index (χ1) is 20.1. The Morgan fingerprint density at radius 1 is 0.610 bits per heavy atom. The van der Waals surface area contributed by atoms with E-state index in [1.165, 1.54) is 0 Å². The number of hydrogen-bond acceptors (Lipinski definition) is 6. The van der Waals surface area contributed by atoms with Gasteiger partial charge in [-0.25, -0.2) is 0 Å². The summed E-state index contributed by atoms with van der Waals surface area (Å²) in [4.78, 5) is 0. The number of ether oxygens (including phenoxy) is 6. The molecule has 0 saturated carbocycles. The molecule has 3 rings (SSSR count). The summed E-state index contributed by atoms with van der Waals surface area (Å²) < 4.78 is 38.0. The Bertz CT molecular complexity index is 1010. The normalized spacial score (nSPS) is 16.1. The van der Waals surface area contributed by atoms with Gasteiger partial charge in [-0.3, -0.25) is 0 Å². The number of rotatable bonds is 21. The maximum absolute atomic E-state index is 6.79. The van der Waals surface area contributed by atoms with Crippen molar-refractivity contribution >= 4 is 0 Å². The molecule has 6 nitrogen and oxygen atoms in total. The van der Waals surface area contributed by atoms with Crippen LogP contribution in [0, 0.1) is 0 Å². The second-order valence-electron chi connectivity index (χ2n) is 10.9. The monoisotopic (exact) mass is 570 g/mol. The predicted molar refractivity (Wildman–Crippen MR) is 166 cm³/mol. The van der Waals surface area contributed by atoms with E-state index < -0.39 is 0 Å². The van der Waals surface area contributed by atoms with Gasteiger partial charge in [0.1, 0.15) is 23.4 Å². The first-order valence-corrected chi connectivity index (χ1v) is 16.2. The van der Waals surface area contributed by atoms with Gasteiger partial charge in [-0.15, -0.1) is 0 Å². The molecule has 1 heterocycles. The van der Waals surface area contributed by atoms with Crippen LogP contribution < -0.4 is 23.7 Å². The zero-order valence-electron chi connectivity index (χ0n) is 26.3. The fraction of sp³-hybridized carbons (Fsp3) is 0.657. The zero-order valence-corrected chi connectivity index (χ0v) is 26.3. The molecule has 0 radical (unpaired) electrons. The Morgan fingerprint density at radius 3 is 1.80 bits per heavy atom. The predicted octanol–water partition coefficient (Wildman–Crippen LogP) is 9.26. The zero-order chi connectivity index (χ0) is 29.3. The van der Waals surface area contributed by atoms with Crippen molar-refractivity contribution in [1.82, 2.24) is 0 Å². The summed E-state index contributed by atoms with van der Waals surface area (Å²) in [5, 5.41) is 0. The molecule has 1 aliphatic rings. The van der Waals surface area contributed by atoms with Crippen molar-refractivity contribution in [2.75, 3.05) is 33.0 Å². The van der Waals surface area contributed by atoms with Crippen LogP contribution in [0.3, 0.4) is 0 Å². The highest BCUT2D eigenvalue weighted by Gasteiger charge is 2.35. The van der Waals surface area contributed by atoms with Gasteiger partial charge in [-0.05, 0) is 49.8 Å². The molecule has 2 aromatic rings. The molecule has 2 unspecified atom stereocenters. The van der Waals surface area contributed by atoms with Crippen molar-refractivity contribution in [3.8, 4) is 28.7 Å². The SMILES string of the molecule is CCCCOc1cc(OCCCC)c2c(c1)OC(c1ccc(OCCCC)c(OCCCC)c1)C(OCCCC)C2. The lowest BCUT2D eigenvalue weighted by Gasteiger charge is -2.35. The van der Waals surface area contributed by atoms with Gasteiger partial charge < -0.3 is 28.4 Å². The minimum absolute atomic E-state index is 0.148. The summed E-state index contributed by atoms with van der Waals surface area (Å²) in [5.74, 6) is 4.00. The van der Waals surface area contributed by atoms with Crippen molar-refractivity contribution in [3.63, 3.8) is 0 Å². The van der Waals surface area contributed by atoms with Crippen LogP contribution in [-0.2, 0) is 11.2 Å². The Balaban J connectivity index is 1.96. The molecule has 6 heteroatoms. The molecule has 1 aliphatic heterocycles. The average Bonchev–Trinajstić information content (AvgIpc) is 2.98. The molecular weight excluding hydrogens is 516 g/mol. The van der Waals surface area contributed by atoms with Crippen LogP contribution in [0.2, 0.25) is 0 Å². The van der Waals surface area contributed by atoms with Gasteiger partial charge in [0, 0.05) is 30.7 Å². The summed E-state index contributed by atoms with van der Waals surface area (Å²) >= 11 is 0. The summed E-state index contributed by atoms with van der Waals surface area (Å²) in [6, 6.07) is 10.3. The molecule has 0 amide bonds. The van der Waals surface area contributed by atoms with Crippen LogP contribution in [-0.4, -0.2) is 39.1 Å². The van der Waals surface area contributed by atoms with Gasteiger partial charge >= 0.3 is 0 Å². The second kappa shape index (κ2) is 18.8. The van der Waals surface area contributed by atoms with E-state index in [-0.39, 0.29) is 12.2 Å². The number of hydrogen-bond donors (Lipinski definition) is 0. The largest absolute Gasteiger partial charge is 0.493 e. The molecule has 230 valence electrons. The lowest BCUT2D eigenvalue weighted by molar-refractivity contribution is -0.0392. The first-order valence-electron chi connectivity index (χ1n) is 16.2. The fourth-order valence-corrected chi connectivity index (χ4v) is 4.69. The minimum atomic E-state index is -0.285. The van der Waals surface area contributed by atoms with E-state index >= 15 is 0 Å². The van der Waals surface area contributed by atoms with Gasteiger partial charge in [-0.2, -0.15) is 0 Å². The van der Waals surface area contributed by atoms with Gasteiger partial charge in [0.15, 0.2) is 17.6 Å². The van der Waals surface area contributed by atoms with Crippen LogP contribution in [0.4, 0.5) is 0 Å². The molecule has 2 atom stereocenters. The molecule has 2 aromatic carbocycles. The molecule has 0 aliphatic carbocycles. The van der Waals surface area contributed by atoms with Crippen LogP contribution in [0.1, 0.15) is 116 Å². The Morgan fingerprint density at radius 2 is 1.17 bits per heavy atom. The van der Waals surface area contributed by atoms with Crippen molar-refractivity contribution in [2.45, 2.75) is 117 Å². The van der Waals surface area contributed by atoms with Gasteiger partial charge in [-0.1, -0.05) is 72.8 Å². The molecule has 0 saturated heterocycles. The Kier molecular flexibility index (Phi) is 15.1. The first kappa shape index (κ1) is 32.9. The number of benzene rings is 2. The Hall–Kier alpha value is -2.60. The van der Waals surface area contributed by atoms with E-state index in [1.807, 2.05) is 18.2 Å². The van der Waals surface area contributed by atoms with Crippen LogP contribution in [0.15, 0.2) is 30.3 Å². The van der Waals surface area contributed by atoms with E-state index in [2.05, 4.69) is 46.8 Å². The highest BCUT2D eigenvalue weighted by molar-refractivity contribution is 5.53. The van der Waals surface area contributed by atoms with E-state index in [4.69, 9.17) is 28.4 Å². The minimum Gasteiger partial charge on any atom is -0.493 e.